The molecular weight excluding hydrogens is 1290 g/mol. The molecule has 2 radical (unpaired) electrons. The first kappa shape index (κ1) is 56.2. The Hall–Kier alpha value is -6.74. The normalized spacial score (nSPS) is 10.8. The van der Waals surface area contributed by atoms with Crippen LogP contribution in [0.15, 0.2) is 206 Å². The molecule has 0 saturated heterocycles. The second-order valence-corrected chi connectivity index (χ2v) is 18.7. The number of aromatic nitrogens is 2. The molecule has 0 aliphatic carbocycles. The molecule has 0 aliphatic heterocycles. The number of pyridine rings is 2. The van der Waals surface area contributed by atoms with Gasteiger partial charge in [0.25, 0.3) is 0 Å². The SMILES string of the molecule is CC(=O)C=C(C)O.CC(=O)C=C(C)O.Cc1cccc(C)c1-c1cc2cnc(-c3[c-]ccc(-c4ccccc4)c3)cc2s1.[Ir].[Ir].[c-]1ccc(-c2ccccc2)cc1-c1cc2sc(-c3ccccc3)cc2cn1. The van der Waals surface area contributed by atoms with Gasteiger partial charge >= 0.3 is 0 Å². The minimum absolute atomic E-state index is 0. The van der Waals surface area contributed by atoms with E-state index in [1.54, 1.807) is 11.3 Å². The number of benzene rings is 6. The van der Waals surface area contributed by atoms with E-state index < -0.39 is 0 Å². The average molecular weight is 1340 g/mol. The van der Waals surface area contributed by atoms with E-state index in [0.717, 1.165) is 22.5 Å². The summed E-state index contributed by atoms with van der Waals surface area (Å²) < 4.78 is 2.50. The van der Waals surface area contributed by atoms with E-state index in [0.29, 0.717) is 0 Å². The number of nitrogens with zero attached hydrogens (tertiary/aromatic N) is 2. The van der Waals surface area contributed by atoms with Crippen LogP contribution in [0.4, 0.5) is 0 Å². The third-order valence-corrected chi connectivity index (χ3v) is 13.0. The van der Waals surface area contributed by atoms with Gasteiger partial charge in [-0.2, -0.15) is 0 Å². The number of hydrogen-bond acceptors (Lipinski definition) is 8. The van der Waals surface area contributed by atoms with Crippen molar-refractivity contribution in [2.45, 2.75) is 41.5 Å². The fourth-order valence-electron chi connectivity index (χ4n) is 7.67. The number of carbonyl (C=O) groups is 2. The van der Waals surface area contributed by atoms with Gasteiger partial charge in [0.1, 0.15) is 0 Å². The van der Waals surface area contributed by atoms with Crippen LogP contribution in [0.25, 0.3) is 85.8 Å². The Morgan fingerprint density at radius 1 is 0.472 bits per heavy atom. The largest absolute Gasteiger partial charge is 0.512 e. The molecule has 0 aliphatic rings. The van der Waals surface area contributed by atoms with Crippen molar-refractivity contribution in [2.24, 2.45) is 0 Å². The second kappa shape index (κ2) is 27.2. The summed E-state index contributed by atoms with van der Waals surface area (Å²) in [5.74, 6) is -0.125. The number of rotatable bonds is 8. The van der Waals surface area contributed by atoms with Crippen LogP contribution in [0.1, 0.15) is 38.8 Å². The average Bonchev–Trinajstić information content (AvgIpc) is 3.99. The molecule has 4 aromatic heterocycles. The van der Waals surface area contributed by atoms with E-state index in [9.17, 15) is 9.59 Å². The van der Waals surface area contributed by atoms with E-state index >= 15 is 0 Å². The minimum Gasteiger partial charge on any atom is -0.512 e. The zero-order valence-corrected chi connectivity index (χ0v) is 47.0. The number of aryl methyl sites for hydroxylation is 2. The monoisotopic (exact) mass is 1340 g/mol. The van der Waals surface area contributed by atoms with Crippen molar-refractivity contribution in [3.8, 4) is 65.6 Å². The van der Waals surface area contributed by atoms with Crippen molar-refractivity contribution < 1.29 is 60.0 Å². The van der Waals surface area contributed by atoms with Gasteiger partial charge in [-0.1, -0.05) is 121 Å². The summed E-state index contributed by atoms with van der Waals surface area (Å²) in [4.78, 5) is 32.0. The molecule has 2 N–H and O–H groups in total. The first-order chi connectivity index (χ1) is 33.8. The molecule has 10 aromatic rings. The van der Waals surface area contributed by atoms with E-state index in [2.05, 4.69) is 166 Å². The van der Waals surface area contributed by atoms with Crippen LogP contribution in [-0.4, -0.2) is 31.7 Å². The Labute approximate surface area is 457 Å². The summed E-state index contributed by atoms with van der Waals surface area (Å²) in [5.41, 5.74) is 14.0. The topological polar surface area (TPSA) is 100 Å². The molecule has 4 heterocycles. The number of fused-ring (bicyclic) bond motifs is 2. The Bertz CT molecular complexity index is 3400. The Morgan fingerprint density at radius 3 is 1.25 bits per heavy atom. The van der Waals surface area contributed by atoms with Gasteiger partial charge in [0.15, 0.2) is 11.6 Å². The molecule has 6 aromatic carbocycles. The number of ketones is 2. The predicted molar refractivity (Wildman–Crippen MR) is 293 cm³/mol. The molecule has 0 spiro atoms. The number of aliphatic hydroxyl groups excluding tert-OH is 2. The smallest absolute Gasteiger partial charge is 0.155 e. The van der Waals surface area contributed by atoms with Crippen molar-refractivity contribution >= 4 is 54.4 Å². The molecule has 0 atom stereocenters. The van der Waals surface area contributed by atoms with Crippen LogP contribution in [0.3, 0.4) is 0 Å². The van der Waals surface area contributed by atoms with Gasteiger partial charge in [0, 0.05) is 94.7 Å². The number of thiophene rings is 2. The Balaban J connectivity index is 0.000000208. The molecule has 0 bridgehead atoms. The van der Waals surface area contributed by atoms with Crippen LogP contribution >= 0.6 is 22.7 Å². The third kappa shape index (κ3) is 15.6. The summed E-state index contributed by atoms with van der Waals surface area (Å²) in [5, 5.41) is 19.1. The van der Waals surface area contributed by atoms with Crippen LogP contribution in [0.2, 0.25) is 0 Å². The van der Waals surface area contributed by atoms with E-state index in [4.69, 9.17) is 20.2 Å². The van der Waals surface area contributed by atoms with Crippen LogP contribution < -0.4 is 0 Å². The van der Waals surface area contributed by atoms with Gasteiger partial charge in [-0.25, -0.2) is 0 Å². The van der Waals surface area contributed by atoms with Gasteiger partial charge < -0.3 is 20.2 Å². The maximum absolute atomic E-state index is 10.0. The number of carbonyl (C=O) groups excluding carboxylic acids is 2. The zero-order chi connectivity index (χ0) is 49.6. The fraction of sp³-hybridized carbons (Fsp3) is 0.0968. The van der Waals surface area contributed by atoms with Gasteiger partial charge in [-0.05, 0) is 98.4 Å². The van der Waals surface area contributed by atoms with Gasteiger partial charge in [-0.15, -0.1) is 93.5 Å². The van der Waals surface area contributed by atoms with Crippen LogP contribution in [0.5, 0.6) is 0 Å². The van der Waals surface area contributed by atoms with Gasteiger partial charge in [-0.3, -0.25) is 9.59 Å². The fourth-order valence-corrected chi connectivity index (χ4v) is 9.99. The van der Waals surface area contributed by atoms with Gasteiger partial charge in [0.05, 0.1) is 11.5 Å². The number of aliphatic hydroxyl groups is 2. The molecule has 10 heteroatoms. The van der Waals surface area contributed by atoms with E-state index in [1.807, 2.05) is 54.1 Å². The molecule has 0 saturated carbocycles. The Kier molecular flexibility index (Phi) is 21.2. The van der Waals surface area contributed by atoms with E-state index in [1.165, 1.54) is 114 Å². The molecule has 0 fully saturated rings. The first-order valence-electron chi connectivity index (χ1n) is 22.6. The van der Waals surface area contributed by atoms with Gasteiger partial charge in [0.2, 0.25) is 0 Å². The number of hydrogen-bond donors (Lipinski definition) is 2. The molecule has 10 rings (SSSR count). The summed E-state index contributed by atoms with van der Waals surface area (Å²) in [6.07, 6.45) is 6.29. The molecule has 6 nitrogen and oxygen atoms in total. The van der Waals surface area contributed by atoms with Crippen molar-refractivity contribution in [3.63, 3.8) is 0 Å². The van der Waals surface area contributed by atoms with Crippen LogP contribution in [0, 0.1) is 26.0 Å². The number of allylic oxidation sites excluding steroid dienone is 4. The second-order valence-electron chi connectivity index (χ2n) is 16.6. The van der Waals surface area contributed by atoms with Crippen LogP contribution in [-0.2, 0) is 49.8 Å². The zero-order valence-electron chi connectivity index (χ0n) is 40.6. The minimum atomic E-state index is -0.125. The van der Waals surface area contributed by atoms with E-state index in [-0.39, 0.29) is 63.3 Å². The first-order valence-corrected chi connectivity index (χ1v) is 24.3. The summed E-state index contributed by atoms with van der Waals surface area (Å²) >= 11 is 3.64. The van der Waals surface area contributed by atoms with Crippen molar-refractivity contribution in [2.75, 3.05) is 0 Å². The quantitative estimate of drug-likeness (QED) is 0.0893. The van der Waals surface area contributed by atoms with Crippen molar-refractivity contribution in [1.29, 1.82) is 0 Å². The Morgan fingerprint density at radius 2 is 0.861 bits per heavy atom. The predicted octanol–water partition coefficient (Wildman–Crippen LogP) is 16.9. The maximum Gasteiger partial charge on any atom is 0.155 e. The summed E-state index contributed by atoms with van der Waals surface area (Å²) in [6, 6.07) is 65.9. The third-order valence-electron chi connectivity index (χ3n) is 10.8. The molecule has 0 unspecified atom stereocenters. The maximum atomic E-state index is 10.0. The summed E-state index contributed by atoms with van der Waals surface area (Å²) in [7, 11) is 0. The van der Waals surface area contributed by atoms with Crippen molar-refractivity contribution in [1.82, 2.24) is 9.97 Å². The molecule has 72 heavy (non-hydrogen) atoms. The van der Waals surface area contributed by atoms with Crippen molar-refractivity contribution in [3.05, 3.63) is 229 Å². The summed E-state index contributed by atoms with van der Waals surface area (Å²) in [6.45, 7) is 10.1. The standard InChI is InChI=1S/C27H20NS.C25H16NS.2C5H8O2.2Ir/c1-18-8-6-9-19(2)27(18)26-15-23-17-28-24(16-25(23)29-26)22-13-7-12-21(14-22)20-10-4-3-5-11-20;1-3-8-18(9-4-1)20-12-7-13-21(14-20)23-16-25-22(17-26-23)15-24(27-25)19-10-5-2-6-11-19;2*1-4(6)3-5(2)7;;/h3-12,14-17H,1-2H3;1-12,14-17H;2*3,6H,1-2H3;;/q2*-1;;;;. The molecule has 0 amide bonds. The molecular formula is C62H52Ir2N2O4S2-2. The molecule has 366 valence electrons.